The number of rotatable bonds is 1. The average Bonchev–Trinajstić information content (AvgIpc) is 1.86. The van der Waals surface area contributed by atoms with Gasteiger partial charge in [-0.3, -0.25) is 0 Å². The van der Waals surface area contributed by atoms with E-state index in [0.717, 1.165) is 0 Å². The lowest BCUT2D eigenvalue weighted by Crippen LogP contribution is -2.07. The van der Waals surface area contributed by atoms with E-state index in [1.807, 2.05) is 0 Å². The third kappa shape index (κ3) is 2.32. The van der Waals surface area contributed by atoms with Gasteiger partial charge in [0.25, 0.3) is 0 Å². The summed E-state index contributed by atoms with van der Waals surface area (Å²) in [5.41, 5.74) is 0.588. The van der Waals surface area contributed by atoms with Crippen LogP contribution in [0.4, 0.5) is 0 Å². The van der Waals surface area contributed by atoms with E-state index < -0.39 is 7.14 Å². The van der Waals surface area contributed by atoms with Crippen molar-refractivity contribution in [3.63, 3.8) is 0 Å². The summed E-state index contributed by atoms with van der Waals surface area (Å²) >= 11 is 5.62. The molecule has 60 valence electrons. The zero-order chi connectivity index (χ0) is 8.48. The van der Waals surface area contributed by atoms with Crippen LogP contribution in [0.5, 0.6) is 0 Å². The standard InChI is InChI=1S/C7H9ClNOP/c1-11(2,10)7-5-3-4-6(8)9-7/h3-5H,1-2H3. The Hall–Kier alpha value is -0.330. The molecule has 1 aromatic heterocycles. The van der Waals surface area contributed by atoms with Gasteiger partial charge in [0.2, 0.25) is 0 Å². The average molecular weight is 190 g/mol. The van der Waals surface area contributed by atoms with Gasteiger partial charge < -0.3 is 4.57 Å². The summed E-state index contributed by atoms with van der Waals surface area (Å²) in [6.07, 6.45) is 0. The first-order valence-corrected chi connectivity index (χ1v) is 6.16. The molecule has 0 atom stereocenters. The van der Waals surface area contributed by atoms with Crippen LogP contribution in [0.1, 0.15) is 0 Å². The molecule has 0 aliphatic heterocycles. The van der Waals surface area contributed by atoms with E-state index in [1.165, 1.54) is 0 Å². The predicted molar refractivity (Wildman–Crippen MR) is 48.3 cm³/mol. The summed E-state index contributed by atoms with van der Waals surface area (Å²) in [6.45, 7) is 3.34. The molecule has 0 aliphatic carbocycles. The van der Waals surface area contributed by atoms with Crippen molar-refractivity contribution in [2.75, 3.05) is 13.3 Å². The van der Waals surface area contributed by atoms with E-state index in [-0.39, 0.29) is 0 Å². The Labute approximate surface area is 71.0 Å². The van der Waals surface area contributed by atoms with E-state index >= 15 is 0 Å². The fourth-order valence-electron chi connectivity index (χ4n) is 0.697. The second kappa shape index (κ2) is 2.96. The summed E-state index contributed by atoms with van der Waals surface area (Å²) in [5.74, 6) is 0. The molecule has 11 heavy (non-hydrogen) atoms. The van der Waals surface area contributed by atoms with Crippen LogP contribution in [-0.4, -0.2) is 18.3 Å². The van der Waals surface area contributed by atoms with Crippen molar-refractivity contribution in [2.45, 2.75) is 0 Å². The van der Waals surface area contributed by atoms with Crippen molar-refractivity contribution in [3.8, 4) is 0 Å². The fourth-order valence-corrected chi connectivity index (χ4v) is 1.71. The Kier molecular flexibility index (Phi) is 2.36. The maximum absolute atomic E-state index is 11.4. The maximum atomic E-state index is 11.4. The monoisotopic (exact) mass is 189 g/mol. The van der Waals surface area contributed by atoms with Crippen molar-refractivity contribution in [1.82, 2.24) is 4.98 Å². The highest BCUT2D eigenvalue weighted by atomic mass is 35.5. The van der Waals surface area contributed by atoms with Gasteiger partial charge in [0.1, 0.15) is 17.7 Å². The van der Waals surface area contributed by atoms with Crippen molar-refractivity contribution >= 4 is 24.2 Å². The maximum Gasteiger partial charge on any atom is 0.129 e. The van der Waals surface area contributed by atoms with Crippen LogP contribution in [-0.2, 0) is 4.57 Å². The van der Waals surface area contributed by atoms with Crippen molar-refractivity contribution in [1.29, 1.82) is 0 Å². The molecule has 0 saturated carbocycles. The molecular formula is C7H9ClNOP. The molecule has 0 aliphatic rings. The van der Waals surface area contributed by atoms with E-state index in [1.54, 1.807) is 31.5 Å². The highest BCUT2D eigenvalue weighted by Crippen LogP contribution is 2.33. The molecule has 0 bridgehead atoms. The lowest BCUT2D eigenvalue weighted by atomic mass is 10.5. The lowest BCUT2D eigenvalue weighted by molar-refractivity contribution is 0.588. The van der Waals surface area contributed by atoms with Gasteiger partial charge in [-0.1, -0.05) is 17.7 Å². The number of hydrogen-bond donors (Lipinski definition) is 0. The number of halogens is 1. The molecule has 0 saturated heterocycles. The minimum atomic E-state index is -2.24. The Morgan fingerprint density at radius 1 is 1.45 bits per heavy atom. The lowest BCUT2D eigenvalue weighted by Gasteiger charge is -2.04. The molecule has 0 aromatic carbocycles. The largest absolute Gasteiger partial charge is 0.318 e. The van der Waals surface area contributed by atoms with Crippen LogP contribution >= 0.6 is 18.7 Å². The normalized spacial score (nSPS) is 11.5. The van der Waals surface area contributed by atoms with Gasteiger partial charge >= 0.3 is 0 Å². The Morgan fingerprint density at radius 3 is 2.45 bits per heavy atom. The van der Waals surface area contributed by atoms with E-state index in [0.29, 0.717) is 10.6 Å². The number of pyridine rings is 1. The number of nitrogens with zero attached hydrogens (tertiary/aromatic N) is 1. The molecule has 4 heteroatoms. The second-order valence-electron chi connectivity index (χ2n) is 2.67. The third-order valence-corrected chi connectivity index (χ3v) is 2.82. The van der Waals surface area contributed by atoms with Crippen LogP contribution < -0.4 is 5.44 Å². The second-order valence-corrected chi connectivity index (χ2v) is 6.22. The smallest absolute Gasteiger partial charge is 0.129 e. The van der Waals surface area contributed by atoms with E-state index in [2.05, 4.69) is 4.98 Å². The molecular weight excluding hydrogens is 181 g/mol. The zero-order valence-electron chi connectivity index (χ0n) is 6.41. The highest BCUT2D eigenvalue weighted by molar-refractivity contribution is 7.69. The molecule has 0 spiro atoms. The van der Waals surface area contributed by atoms with Gasteiger partial charge in [0.15, 0.2) is 0 Å². The van der Waals surface area contributed by atoms with Crippen LogP contribution in [0.3, 0.4) is 0 Å². The third-order valence-electron chi connectivity index (χ3n) is 1.25. The molecule has 0 unspecified atom stereocenters. The Morgan fingerprint density at radius 2 is 2.09 bits per heavy atom. The quantitative estimate of drug-likeness (QED) is 0.500. The number of hydrogen-bond acceptors (Lipinski definition) is 2. The topological polar surface area (TPSA) is 30.0 Å². The molecule has 0 fully saturated rings. The first-order valence-electron chi connectivity index (χ1n) is 3.18. The zero-order valence-corrected chi connectivity index (χ0v) is 8.06. The van der Waals surface area contributed by atoms with Gasteiger partial charge in [-0.2, -0.15) is 0 Å². The van der Waals surface area contributed by atoms with Crippen molar-refractivity contribution < 1.29 is 4.57 Å². The van der Waals surface area contributed by atoms with Crippen LogP contribution in [0.25, 0.3) is 0 Å². The van der Waals surface area contributed by atoms with Crippen molar-refractivity contribution in [3.05, 3.63) is 23.4 Å². The van der Waals surface area contributed by atoms with Gasteiger partial charge in [-0.25, -0.2) is 4.98 Å². The summed E-state index contributed by atoms with van der Waals surface area (Å²) in [7, 11) is -2.24. The molecule has 1 aromatic rings. The molecule has 0 amide bonds. The summed E-state index contributed by atoms with van der Waals surface area (Å²) in [6, 6.07) is 5.15. The summed E-state index contributed by atoms with van der Waals surface area (Å²) in [4.78, 5) is 3.95. The number of aromatic nitrogens is 1. The highest BCUT2D eigenvalue weighted by Gasteiger charge is 2.11. The van der Waals surface area contributed by atoms with Crippen molar-refractivity contribution in [2.24, 2.45) is 0 Å². The van der Waals surface area contributed by atoms with Gasteiger partial charge in [0.05, 0.1) is 0 Å². The Bertz CT molecular complexity index is 307. The van der Waals surface area contributed by atoms with E-state index in [4.69, 9.17) is 11.6 Å². The van der Waals surface area contributed by atoms with Crippen LogP contribution in [0.2, 0.25) is 5.15 Å². The van der Waals surface area contributed by atoms with E-state index in [9.17, 15) is 4.57 Å². The minimum Gasteiger partial charge on any atom is -0.318 e. The molecule has 1 heterocycles. The fraction of sp³-hybridized carbons (Fsp3) is 0.286. The summed E-state index contributed by atoms with van der Waals surface area (Å²) in [5, 5.41) is 0.395. The van der Waals surface area contributed by atoms with Gasteiger partial charge in [-0.15, -0.1) is 0 Å². The molecule has 2 nitrogen and oxygen atoms in total. The Balaban J connectivity index is 3.17. The molecule has 0 N–H and O–H groups in total. The van der Waals surface area contributed by atoms with Crippen LogP contribution in [0, 0.1) is 0 Å². The first-order chi connectivity index (χ1) is 5.00. The minimum absolute atomic E-state index is 0.395. The van der Waals surface area contributed by atoms with Gasteiger partial charge in [-0.05, 0) is 25.5 Å². The predicted octanol–water partition coefficient (Wildman–Crippen LogP) is 1.98. The SMILES string of the molecule is CP(C)(=O)c1cccc(Cl)n1. The molecule has 0 radical (unpaired) electrons. The molecule has 1 rings (SSSR count). The first kappa shape index (κ1) is 8.76. The van der Waals surface area contributed by atoms with Crippen LogP contribution in [0.15, 0.2) is 18.2 Å². The van der Waals surface area contributed by atoms with Gasteiger partial charge in [0, 0.05) is 0 Å². The summed E-state index contributed by atoms with van der Waals surface area (Å²) < 4.78 is 11.4.